The number of benzene rings is 1. The monoisotopic (exact) mass is 431 g/mol. The highest BCUT2D eigenvalue weighted by atomic mass is 19.4. The molecule has 31 heavy (non-hydrogen) atoms. The van der Waals surface area contributed by atoms with E-state index in [1.165, 1.54) is 12.3 Å². The second-order valence-corrected chi connectivity index (χ2v) is 7.87. The fourth-order valence-electron chi connectivity index (χ4n) is 4.13. The quantitative estimate of drug-likeness (QED) is 0.517. The number of nitrogens with zero attached hydrogens (tertiary/aromatic N) is 3. The van der Waals surface area contributed by atoms with Crippen molar-refractivity contribution >= 4 is 5.91 Å². The molecule has 5 nitrogen and oxygen atoms in total. The van der Waals surface area contributed by atoms with Crippen LogP contribution in [0.3, 0.4) is 0 Å². The molecule has 0 atom stereocenters. The van der Waals surface area contributed by atoms with Crippen molar-refractivity contribution in [1.82, 2.24) is 14.5 Å². The molecule has 0 aliphatic heterocycles. The molecule has 1 fully saturated rings. The molecular weight excluding hydrogens is 407 g/mol. The molecule has 0 unspecified atom stereocenters. The highest BCUT2D eigenvalue weighted by Gasteiger charge is 2.31. The van der Waals surface area contributed by atoms with Gasteiger partial charge in [0.15, 0.2) is 5.76 Å². The maximum Gasteiger partial charge on any atom is 0.416 e. The van der Waals surface area contributed by atoms with E-state index in [9.17, 15) is 18.0 Å². The summed E-state index contributed by atoms with van der Waals surface area (Å²) in [6, 6.07) is 8.69. The van der Waals surface area contributed by atoms with Crippen molar-refractivity contribution in [2.45, 2.75) is 57.4 Å². The highest BCUT2D eigenvalue weighted by molar-refractivity contribution is 5.91. The number of hydrogen-bond acceptors (Lipinski definition) is 3. The van der Waals surface area contributed by atoms with Crippen LogP contribution in [0.25, 0.3) is 0 Å². The smallest absolute Gasteiger partial charge is 0.416 e. The van der Waals surface area contributed by atoms with Gasteiger partial charge in [-0.2, -0.15) is 13.2 Å². The van der Waals surface area contributed by atoms with Gasteiger partial charge in [-0.05, 0) is 42.7 Å². The third-order valence-corrected chi connectivity index (χ3v) is 5.73. The van der Waals surface area contributed by atoms with Gasteiger partial charge in [0.05, 0.1) is 18.4 Å². The summed E-state index contributed by atoms with van der Waals surface area (Å²) in [4.78, 5) is 19.3. The normalized spacial score (nSPS) is 15.2. The summed E-state index contributed by atoms with van der Waals surface area (Å²) < 4.78 is 46.3. The zero-order valence-corrected chi connectivity index (χ0v) is 17.0. The van der Waals surface area contributed by atoms with Crippen LogP contribution in [-0.4, -0.2) is 26.4 Å². The Hall–Kier alpha value is -3.03. The largest absolute Gasteiger partial charge is 0.459 e. The van der Waals surface area contributed by atoms with Gasteiger partial charge in [0.2, 0.25) is 0 Å². The van der Waals surface area contributed by atoms with E-state index in [1.54, 1.807) is 40.1 Å². The van der Waals surface area contributed by atoms with Crippen molar-refractivity contribution in [3.8, 4) is 0 Å². The molecule has 1 aliphatic rings. The number of alkyl halides is 3. The molecule has 0 spiro atoms. The average Bonchev–Trinajstić information content (AvgIpc) is 3.44. The lowest BCUT2D eigenvalue weighted by atomic mass is 9.94. The highest BCUT2D eigenvalue weighted by Crippen LogP contribution is 2.30. The Morgan fingerprint density at radius 1 is 1.16 bits per heavy atom. The fraction of sp³-hybridized carbons (Fsp3) is 0.391. The molecule has 0 N–H and O–H groups in total. The summed E-state index contributed by atoms with van der Waals surface area (Å²) in [6.07, 6.45) is 5.54. The van der Waals surface area contributed by atoms with Crippen molar-refractivity contribution in [3.63, 3.8) is 0 Å². The Balaban J connectivity index is 1.56. The number of carbonyl (C=O) groups is 1. The zero-order valence-electron chi connectivity index (χ0n) is 17.0. The van der Waals surface area contributed by atoms with E-state index < -0.39 is 11.7 Å². The van der Waals surface area contributed by atoms with Crippen LogP contribution >= 0.6 is 0 Å². The first-order valence-electron chi connectivity index (χ1n) is 10.4. The number of imidazole rings is 1. The Kier molecular flexibility index (Phi) is 6.15. The van der Waals surface area contributed by atoms with Gasteiger partial charge in [0.1, 0.15) is 5.82 Å². The van der Waals surface area contributed by atoms with E-state index in [4.69, 9.17) is 4.42 Å². The number of halogens is 3. The lowest BCUT2D eigenvalue weighted by Gasteiger charge is -2.33. The Bertz CT molecular complexity index is 1010. The summed E-state index contributed by atoms with van der Waals surface area (Å²) in [6.45, 7) is 0.517. The molecule has 2 heterocycles. The molecule has 2 aromatic heterocycles. The summed E-state index contributed by atoms with van der Waals surface area (Å²) in [5.41, 5.74) is -0.154. The van der Waals surface area contributed by atoms with Gasteiger partial charge in [-0.25, -0.2) is 4.98 Å². The molecule has 1 aliphatic carbocycles. The number of amides is 1. The molecule has 8 heteroatoms. The molecule has 0 saturated heterocycles. The molecule has 0 radical (unpaired) electrons. The lowest BCUT2D eigenvalue weighted by molar-refractivity contribution is -0.137. The van der Waals surface area contributed by atoms with Crippen LogP contribution in [0.2, 0.25) is 0 Å². The Morgan fingerprint density at radius 3 is 2.68 bits per heavy atom. The third kappa shape index (κ3) is 5.00. The third-order valence-electron chi connectivity index (χ3n) is 5.73. The molecule has 3 aromatic rings. The molecule has 1 aromatic carbocycles. The first-order valence-corrected chi connectivity index (χ1v) is 10.4. The van der Waals surface area contributed by atoms with Crippen molar-refractivity contribution in [3.05, 3.63) is 77.8 Å². The standard InChI is InChI=1S/C23H24F3N3O2/c24-23(25,26)18-7-4-6-17(14-18)15-28-12-11-27-21(28)16-29(19-8-2-1-3-9-19)22(30)20-10-5-13-31-20/h4-7,10-14,19H,1-3,8-9,15-16H2. The van der Waals surface area contributed by atoms with Crippen molar-refractivity contribution in [2.24, 2.45) is 0 Å². The van der Waals surface area contributed by atoms with Gasteiger partial charge in [-0.1, -0.05) is 31.4 Å². The molecule has 1 amide bonds. The first kappa shape index (κ1) is 21.2. The maximum absolute atomic E-state index is 13.1. The van der Waals surface area contributed by atoms with E-state index in [0.717, 1.165) is 44.2 Å². The second kappa shape index (κ2) is 8.99. The maximum atomic E-state index is 13.1. The van der Waals surface area contributed by atoms with Crippen molar-refractivity contribution in [1.29, 1.82) is 0 Å². The summed E-state index contributed by atoms with van der Waals surface area (Å²) in [7, 11) is 0. The van der Waals surface area contributed by atoms with Crippen LogP contribution in [0.15, 0.2) is 59.5 Å². The van der Waals surface area contributed by atoms with Gasteiger partial charge < -0.3 is 13.9 Å². The minimum Gasteiger partial charge on any atom is -0.459 e. The average molecular weight is 431 g/mol. The molecule has 1 saturated carbocycles. The van der Waals surface area contributed by atoms with Gasteiger partial charge in [0, 0.05) is 25.0 Å². The topological polar surface area (TPSA) is 51.3 Å². The minimum atomic E-state index is -4.39. The van der Waals surface area contributed by atoms with Gasteiger partial charge in [0.25, 0.3) is 5.91 Å². The fourth-order valence-corrected chi connectivity index (χ4v) is 4.13. The number of aromatic nitrogens is 2. The van der Waals surface area contributed by atoms with Crippen molar-refractivity contribution in [2.75, 3.05) is 0 Å². The van der Waals surface area contributed by atoms with E-state index in [-0.39, 0.29) is 30.8 Å². The van der Waals surface area contributed by atoms with Crippen LogP contribution in [0.4, 0.5) is 13.2 Å². The number of rotatable bonds is 6. The van der Waals surface area contributed by atoms with E-state index in [0.29, 0.717) is 11.4 Å². The zero-order chi connectivity index (χ0) is 21.8. The molecule has 4 rings (SSSR count). The van der Waals surface area contributed by atoms with Crippen LogP contribution in [0.5, 0.6) is 0 Å². The van der Waals surface area contributed by atoms with E-state index in [2.05, 4.69) is 4.98 Å². The molecular formula is C23H24F3N3O2. The van der Waals surface area contributed by atoms with Crippen LogP contribution in [0.1, 0.15) is 59.6 Å². The van der Waals surface area contributed by atoms with Gasteiger partial charge in [-0.3, -0.25) is 4.79 Å². The van der Waals surface area contributed by atoms with E-state index >= 15 is 0 Å². The summed E-state index contributed by atoms with van der Waals surface area (Å²) in [5, 5.41) is 0. The Labute approximate surface area is 178 Å². The number of hydrogen-bond donors (Lipinski definition) is 0. The minimum absolute atomic E-state index is 0.0880. The van der Waals surface area contributed by atoms with Crippen LogP contribution in [-0.2, 0) is 19.3 Å². The summed E-state index contributed by atoms with van der Waals surface area (Å²) >= 11 is 0. The first-order chi connectivity index (χ1) is 14.9. The SMILES string of the molecule is O=C(c1ccco1)N(Cc1nccn1Cc1cccc(C(F)(F)F)c1)C1CCCCC1. The van der Waals surface area contributed by atoms with Gasteiger partial charge >= 0.3 is 6.18 Å². The van der Waals surface area contributed by atoms with Crippen LogP contribution in [0, 0.1) is 0 Å². The second-order valence-electron chi connectivity index (χ2n) is 7.87. The predicted molar refractivity (Wildman–Crippen MR) is 108 cm³/mol. The Morgan fingerprint density at radius 2 is 1.97 bits per heavy atom. The predicted octanol–water partition coefficient (Wildman–Crippen LogP) is 5.52. The van der Waals surface area contributed by atoms with Crippen LogP contribution < -0.4 is 0 Å². The lowest BCUT2D eigenvalue weighted by Crippen LogP contribution is -2.41. The van der Waals surface area contributed by atoms with Gasteiger partial charge in [-0.15, -0.1) is 0 Å². The van der Waals surface area contributed by atoms with E-state index in [1.807, 2.05) is 0 Å². The number of carbonyl (C=O) groups excluding carboxylic acids is 1. The van der Waals surface area contributed by atoms with Crippen molar-refractivity contribution < 1.29 is 22.4 Å². The molecule has 0 bridgehead atoms. The summed E-state index contributed by atoms with van der Waals surface area (Å²) in [5.74, 6) is 0.718. The number of furan rings is 1. The molecule has 164 valence electrons.